The summed E-state index contributed by atoms with van der Waals surface area (Å²) in [5.74, 6) is -0.401. The minimum absolute atomic E-state index is 0.401. The van der Waals surface area contributed by atoms with Crippen molar-refractivity contribution in [2.75, 3.05) is 18.2 Å². The van der Waals surface area contributed by atoms with Crippen molar-refractivity contribution in [2.45, 2.75) is 0 Å². The number of nitrogen functional groups attached to an aromatic ring is 1. The van der Waals surface area contributed by atoms with Crippen LogP contribution in [-0.4, -0.2) is 13.1 Å². The maximum atomic E-state index is 11.4. The van der Waals surface area contributed by atoms with E-state index in [0.717, 1.165) is 15.8 Å². The van der Waals surface area contributed by atoms with Gasteiger partial charge in [0.25, 0.3) is 0 Å². The topological polar surface area (TPSA) is 64.3 Å². The average molecular weight is 321 g/mol. The molecule has 0 fully saturated rings. The third kappa shape index (κ3) is 3.26. The average Bonchev–Trinajstić information content (AvgIpc) is 2.42. The lowest BCUT2D eigenvalue weighted by molar-refractivity contribution is 0.0601. The Bertz CT molecular complexity index is 597. The molecule has 4 nitrogen and oxygen atoms in total. The van der Waals surface area contributed by atoms with Crippen molar-refractivity contribution < 1.29 is 9.53 Å². The molecule has 0 unspecified atom stereocenters. The molecule has 2 rings (SSSR count). The minimum Gasteiger partial charge on any atom is -0.465 e. The molecule has 19 heavy (non-hydrogen) atoms. The summed E-state index contributed by atoms with van der Waals surface area (Å²) in [4.78, 5) is 11.4. The molecule has 5 heteroatoms. The van der Waals surface area contributed by atoms with Gasteiger partial charge in [-0.1, -0.05) is 15.9 Å². The second-order valence-electron chi connectivity index (χ2n) is 3.93. The van der Waals surface area contributed by atoms with Crippen molar-refractivity contribution in [2.24, 2.45) is 0 Å². The van der Waals surface area contributed by atoms with Crippen molar-refractivity contribution in [3.05, 3.63) is 52.5 Å². The Balaban J connectivity index is 2.22. The highest BCUT2D eigenvalue weighted by Gasteiger charge is 2.08. The molecule has 0 aliphatic rings. The summed E-state index contributed by atoms with van der Waals surface area (Å²) in [6.45, 7) is 0. The first-order valence-corrected chi connectivity index (χ1v) is 6.40. The van der Waals surface area contributed by atoms with Crippen molar-refractivity contribution in [1.29, 1.82) is 0 Å². The third-order valence-electron chi connectivity index (χ3n) is 2.60. The van der Waals surface area contributed by atoms with Gasteiger partial charge in [-0.2, -0.15) is 0 Å². The summed E-state index contributed by atoms with van der Waals surface area (Å²) >= 11 is 3.37. The first-order valence-electron chi connectivity index (χ1n) is 5.60. The number of benzene rings is 2. The van der Waals surface area contributed by atoms with Crippen molar-refractivity contribution in [3.8, 4) is 0 Å². The van der Waals surface area contributed by atoms with Gasteiger partial charge in [-0.15, -0.1) is 0 Å². The third-order valence-corrected chi connectivity index (χ3v) is 3.12. The molecule has 2 aromatic carbocycles. The quantitative estimate of drug-likeness (QED) is 0.670. The van der Waals surface area contributed by atoms with E-state index >= 15 is 0 Å². The van der Waals surface area contributed by atoms with Crippen LogP contribution in [0.25, 0.3) is 0 Å². The van der Waals surface area contributed by atoms with Gasteiger partial charge in [-0.3, -0.25) is 0 Å². The zero-order chi connectivity index (χ0) is 13.8. The Morgan fingerprint density at radius 1 is 1.21 bits per heavy atom. The zero-order valence-electron chi connectivity index (χ0n) is 10.3. The number of methoxy groups -OCH3 is 1. The fraction of sp³-hybridized carbons (Fsp3) is 0.0714. The molecule has 0 saturated heterocycles. The van der Waals surface area contributed by atoms with E-state index < -0.39 is 5.97 Å². The highest BCUT2D eigenvalue weighted by Crippen LogP contribution is 2.25. The molecular formula is C14H13BrN2O2. The number of nitrogens with two attached hydrogens (primary N) is 1. The van der Waals surface area contributed by atoms with E-state index in [1.54, 1.807) is 18.2 Å². The molecule has 3 N–H and O–H groups in total. The first kappa shape index (κ1) is 13.4. The first-order chi connectivity index (χ1) is 9.10. The Hall–Kier alpha value is -2.01. The van der Waals surface area contributed by atoms with Crippen LogP contribution < -0.4 is 11.1 Å². The van der Waals surface area contributed by atoms with E-state index in [4.69, 9.17) is 5.73 Å². The molecule has 0 spiro atoms. The fourth-order valence-corrected chi connectivity index (χ4v) is 1.87. The van der Waals surface area contributed by atoms with Gasteiger partial charge in [0.05, 0.1) is 24.0 Å². The van der Waals surface area contributed by atoms with Crippen molar-refractivity contribution in [3.63, 3.8) is 0 Å². The molecule has 0 bridgehead atoms. The van der Waals surface area contributed by atoms with Gasteiger partial charge in [-0.05, 0) is 42.5 Å². The van der Waals surface area contributed by atoms with Crippen LogP contribution in [0.4, 0.5) is 17.1 Å². The maximum absolute atomic E-state index is 11.4. The van der Waals surface area contributed by atoms with E-state index in [2.05, 4.69) is 26.0 Å². The molecular weight excluding hydrogens is 308 g/mol. The molecule has 2 aromatic rings. The lowest BCUT2D eigenvalue weighted by Gasteiger charge is -2.10. The van der Waals surface area contributed by atoms with Gasteiger partial charge in [0.1, 0.15) is 0 Å². The number of anilines is 3. The van der Waals surface area contributed by atoms with E-state index in [1.807, 2.05) is 24.3 Å². The van der Waals surface area contributed by atoms with Crippen LogP contribution in [0.5, 0.6) is 0 Å². The molecule has 0 amide bonds. The van der Waals surface area contributed by atoms with Crippen LogP contribution >= 0.6 is 15.9 Å². The summed E-state index contributed by atoms with van der Waals surface area (Å²) in [6.07, 6.45) is 0. The van der Waals surface area contributed by atoms with Gasteiger partial charge in [0, 0.05) is 10.2 Å². The summed E-state index contributed by atoms with van der Waals surface area (Å²) in [5.41, 5.74) is 8.50. The van der Waals surface area contributed by atoms with Gasteiger partial charge >= 0.3 is 5.97 Å². The van der Waals surface area contributed by atoms with Crippen LogP contribution in [0.15, 0.2) is 46.9 Å². The van der Waals surface area contributed by atoms with E-state index in [-0.39, 0.29) is 0 Å². The van der Waals surface area contributed by atoms with Gasteiger partial charge in [-0.25, -0.2) is 4.79 Å². The van der Waals surface area contributed by atoms with Gasteiger partial charge in [0.2, 0.25) is 0 Å². The second kappa shape index (κ2) is 5.75. The highest BCUT2D eigenvalue weighted by molar-refractivity contribution is 9.10. The number of esters is 1. The van der Waals surface area contributed by atoms with Crippen LogP contribution in [0.2, 0.25) is 0 Å². The lowest BCUT2D eigenvalue weighted by Crippen LogP contribution is -2.03. The molecule has 0 heterocycles. The molecule has 0 atom stereocenters. The molecule has 98 valence electrons. The van der Waals surface area contributed by atoms with Gasteiger partial charge in [0.15, 0.2) is 0 Å². The predicted octanol–water partition coefficient (Wildman–Crippen LogP) is 3.56. The van der Waals surface area contributed by atoms with E-state index in [0.29, 0.717) is 11.3 Å². The molecule has 0 aliphatic heterocycles. The Labute approximate surface area is 119 Å². The Morgan fingerprint density at radius 3 is 2.47 bits per heavy atom. The summed E-state index contributed by atoms with van der Waals surface area (Å²) in [5, 5.41) is 3.19. The Morgan fingerprint density at radius 2 is 1.89 bits per heavy atom. The van der Waals surface area contributed by atoms with E-state index in [9.17, 15) is 4.79 Å². The number of hydrogen-bond donors (Lipinski definition) is 2. The van der Waals surface area contributed by atoms with E-state index in [1.165, 1.54) is 7.11 Å². The van der Waals surface area contributed by atoms with Crippen LogP contribution in [0, 0.1) is 0 Å². The molecule has 0 radical (unpaired) electrons. The summed E-state index contributed by atoms with van der Waals surface area (Å²) in [6, 6.07) is 12.7. The lowest BCUT2D eigenvalue weighted by atomic mass is 10.1. The summed E-state index contributed by atoms with van der Waals surface area (Å²) in [7, 11) is 1.34. The number of nitrogens with one attached hydrogen (secondary N) is 1. The number of ether oxygens (including phenoxy) is 1. The monoisotopic (exact) mass is 320 g/mol. The number of halogens is 1. The largest absolute Gasteiger partial charge is 0.465 e. The van der Waals surface area contributed by atoms with Crippen molar-refractivity contribution in [1.82, 2.24) is 0 Å². The number of hydrogen-bond acceptors (Lipinski definition) is 4. The number of rotatable bonds is 3. The van der Waals surface area contributed by atoms with Crippen molar-refractivity contribution >= 4 is 39.0 Å². The normalized spacial score (nSPS) is 10.0. The number of carbonyl (C=O) groups is 1. The van der Waals surface area contributed by atoms with Gasteiger partial charge < -0.3 is 15.8 Å². The standard InChI is InChI=1S/C14H13BrN2O2/c1-19-14(18)9-2-7-13(12(16)8-9)17-11-5-3-10(15)4-6-11/h2-8,17H,16H2,1H3. The second-order valence-corrected chi connectivity index (χ2v) is 4.84. The van der Waals surface area contributed by atoms with Crippen LogP contribution in [-0.2, 0) is 4.74 Å². The maximum Gasteiger partial charge on any atom is 0.337 e. The smallest absolute Gasteiger partial charge is 0.337 e. The fourth-order valence-electron chi connectivity index (χ4n) is 1.61. The van der Waals surface area contributed by atoms with Crippen LogP contribution in [0.1, 0.15) is 10.4 Å². The van der Waals surface area contributed by atoms with Crippen LogP contribution in [0.3, 0.4) is 0 Å². The SMILES string of the molecule is COC(=O)c1ccc(Nc2ccc(Br)cc2)c(N)c1. The Kier molecular flexibility index (Phi) is 4.06. The summed E-state index contributed by atoms with van der Waals surface area (Å²) < 4.78 is 5.65. The molecule has 0 saturated carbocycles. The zero-order valence-corrected chi connectivity index (χ0v) is 11.9. The molecule has 0 aromatic heterocycles. The number of carbonyl (C=O) groups excluding carboxylic acids is 1. The molecule has 0 aliphatic carbocycles. The highest BCUT2D eigenvalue weighted by atomic mass is 79.9. The minimum atomic E-state index is -0.401. The predicted molar refractivity (Wildman–Crippen MR) is 79.6 cm³/mol.